The molecule has 0 aliphatic heterocycles. The third-order valence-electron chi connectivity index (χ3n) is 0.827. The van der Waals surface area contributed by atoms with Crippen LogP contribution in [0.4, 0.5) is 0 Å². The lowest BCUT2D eigenvalue weighted by atomic mass is 10.7. The van der Waals surface area contributed by atoms with Gasteiger partial charge in [-0.15, -0.1) is 5.10 Å². The number of tetrazole rings is 1. The van der Waals surface area contributed by atoms with Gasteiger partial charge in [0, 0.05) is 7.05 Å². The Morgan fingerprint density at radius 2 is 2.50 bits per heavy atom. The molecule has 8 heavy (non-hydrogen) atoms. The van der Waals surface area contributed by atoms with E-state index in [0.29, 0.717) is 5.33 Å². The third-order valence-corrected chi connectivity index (χ3v) is 1.33. The Labute approximate surface area is 55.0 Å². The van der Waals surface area contributed by atoms with Crippen molar-refractivity contribution in [2.24, 2.45) is 7.05 Å². The Balaban J connectivity index is 2.92. The van der Waals surface area contributed by atoms with Crippen molar-refractivity contribution in [2.75, 3.05) is 0 Å². The minimum absolute atomic E-state index is 0.705. The highest BCUT2D eigenvalue weighted by molar-refractivity contribution is 9.08. The average molecular weight is 177 g/mol. The number of nitrogens with zero attached hydrogens (tertiary/aromatic N) is 4. The van der Waals surface area contributed by atoms with E-state index < -0.39 is 0 Å². The molecule has 0 aliphatic rings. The first-order valence-corrected chi connectivity index (χ1v) is 3.24. The summed E-state index contributed by atoms with van der Waals surface area (Å²) in [4.78, 5) is 0. The van der Waals surface area contributed by atoms with Crippen molar-refractivity contribution in [2.45, 2.75) is 5.33 Å². The number of hydrogen-bond donors (Lipinski definition) is 0. The quantitative estimate of drug-likeness (QED) is 0.571. The van der Waals surface area contributed by atoms with Crippen LogP contribution in [0.2, 0.25) is 0 Å². The van der Waals surface area contributed by atoms with Gasteiger partial charge in [0.15, 0.2) is 5.82 Å². The molecule has 0 aliphatic carbocycles. The fourth-order valence-corrected chi connectivity index (χ4v) is 0.836. The summed E-state index contributed by atoms with van der Waals surface area (Å²) < 4.78 is 1.62. The molecular weight excluding hydrogens is 172 g/mol. The van der Waals surface area contributed by atoms with Gasteiger partial charge in [0.05, 0.1) is 5.33 Å². The van der Waals surface area contributed by atoms with Crippen molar-refractivity contribution in [1.29, 1.82) is 0 Å². The van der Waals surface area contributed by atoms with Crippen LogP contribution in [0.1, 0.15) is 5.82 Å². The average Bonchev–Trinajstić information content (AvgIpc) is 2.14. The topological polar surface area (TPSA) is 43.6 Å². The molecule has 0 atom stereocenters. The van der Waals surface area contributed by atoms with E-state index in [0.717, 1.165) is 5.82 Å². The lowest BCUT2D eigenvalue weighted by molar-refractivity contribution is 0.694. The van der Waals surface area contributed by atoms with Crippen LogP contribution in [0.25, 0.3) is 0 Å². The van der Waals surface area contributed by atoms with Crippen LogP contribution in [-0.4, -0.2) is 20.2 Å². The maximum atomic E-state index is 3.69. The zero-order valence-electron chi connectivity index (χ0n) is 4.37. The summed E-state index contributed by atoms with van der Waals surface area (Å²) >= 11 is 3.22. The largest absolute Gasteiger partial charge is 0.232 e. The van der Waals surface area contributed by atoms with Gasteiger partial charge >= 0.3 is 0 Å². The Morgan fingerprint density at radius 1 is 1.75 bits per heavy atom. The van der Waals surface area contributed by atoms with Gasteiger partial charge in [-0.1, -0.05) is 15.9 Å². The smallest absolute Gasteiger partial charge is 0.161 e. The third kappa shape index (κ3) is 0.861. The number of aromatic nitrogens is 4. The fourth-order valence-electron chi connectivity index (χ4n) is 0.361. The molecule has 1 rings (SSSR count). The van der Waals surface area contributed by atoms with Gasteiger partial charge in [-0.25, -0.2) is 4.68 Å². The monoisotopic (exact) mass is 176 g/mol. The van der Waals surface area contributed by atoms with E-state index in [1.165, 1.54) is 0 Å². The molecule has 0 bridgehead atoms. The molecule has 0 fully saturated rings. The van der Waals surface area contributed by atoms with Gasteiger partial charge in [0.2, 0.25) is 0 Å². The molecular formula is C3H5BrN4. The lowest BCUT2D eigenvalue weighted by Gasteiger charge is -1.86. The van der Waals surface area contributed by atoms with Crippen LogP contribution in [0, 0.1) is 0 Å². The van der Waals surface area contributed by atoms with E-state index in [-0.39, 0.29) is 0 Å². The van der Waals surface area contributed by atoms with E-state index in [9.17, 15) is 0 Å². The zero-order valence-corrected chi connectivity index (χ0v) is 5.96. The van der Waals surface area contributed by atoms with E-state index in [1.54, 1.807) is 11.7 Å². The van der Waals surface area contributed by atoms with Crippen LogP contribution in [-0.2, 0) is 12.4 Å². The van der Waals surface area contributed by atoms with Crippen LogP contribution < -0.4 is 0 Å². The molecule has 4 nitrogen and oxygen atoms in total. The zero-order chi connectivity index (χ0) is 5.98. The second-order valence-electron chi connectivity index (χ2n) is 1.35. The van der Waals surface area contributed by atoms with Gasteiger partial charge in [-0.3, -0.25) is 0 Å². The molecule has 0 unspecified atom stereocenters. The molecule has 1 aromatic rings. The Kier molecular flexibility index (Phi) is 1.57. The first-order chi connectivity index (χ1) is 3.84. The Hall–Kier alpha value is -0.450. The predicted molar refractivity (Wildman–Crippen MR) is 31.4 cm³/mol. The highest BCUT2D eigenvalue weighted by Crippen LogP contribution is 1.94. The number of aryl methyl sites for hydroxylation is 1. The summed E-state index contributed by atoms with van der Waals surface area (Å²) in [7, 11) is 1.80. The molecule has 0 amide bonds. The van der Waals surface area contributed by atoms with Gasteiger partial charge in [0.25, 0.3) is 0 Å². The number of halogens is 1. The Morgan fingerprint density at radius 3 is 2.75 bits per heavy atom. The minimum atomic E-state index is 0.705. The van der Waals surface area contributed by atoms with Crippen LogP contribution >= 0.6 is 15.9 Å². The molecule has 44 valence electrons. The highest BCUT2D eigenvalue weighted by Gasteiger charge is 1.95. The SMILES string of the molecule is Cn1nnnc1CBr. The summed E-state index contributed by atoms with van der Waals surface area (Å²) in [5.74, 6) is 0.838. The highest BCUT2D eigenvalue weighted by atomic mass is 79.9. The van der Waals surface area contributed by atoms with E-state index in [1.807, 2.05) is 0 Å². The number of rotatable bonds is 1. The molecule has 0 saturated carbocycles. The second kappa shape index (κ2) is 2.21. The van der Waals surface area contributed by atoms with Crippen LogP contribution in [0.5, 0.6) is 0 Å². The van der Waals surface area contributed by atoms with Crippen molar-refractivity contribution >= 4 is 15.9 Å². The Bertz CT molecular complexity index is 172. The van der Waals surface area contributed by atoms with Crippen molar-refractivity contribution < 1.29 is 0 Å². The molecule has 1 aromatic heterocycles. The first kappa shape index (κ1) is 5.68. The summed E-state index contributed by atoms with van der Waals surface area (Å²) in [5, 5.41) is 11.4. The summed E-state index contributed by atoms with van der Waals surface area (Å²) in [6.45, 7) is 0. The first-order valence-electron chi connectivity index (χ1n) is 2.12. The molecule has 0 radical (unpaired) electrons. The second-order valence-corrected chi connectivity index (χ2v) is 1.91. The van der Waals surface area contributed by atoms with Gasteiger partial charge < -0.3 is 0 Å². The van der Waals surface area contributed by atoms with Gasteiger partial charge in [-0.2, -0.15) is 0 Å². The fraction of sp³-hybridized carbons (Fsp3) is 0.667. The summed E-state index contributed by atoms with van der Waals surface area (Å²) in [6.07, 6.45) is 0. The van der Waals surface area contributed by atoms with Crippen molar-refractivity contribution in [1.82, 2.24) is 20.2 Å². The maximum Gasteiger partial charge on any atom is 0.161 e. The van der Waals surface area contributed by atoms with E-state index >= 15 is 0 Å². The number of hydrogen-bond acceptors (Lipinski definition) is 3. The standard InChI is InChI=1S/C3H5BrN4/c1-8-3(2-4)5-6-7-8/h2H2,1H3. The minimum Gasteiger partial charge on any atom is -0.232 e. The van der Waals surface area contributed by atoms with Gasteiger partial charge in [-0.05, 0) is 10.4 Å². The number of alkyl halides is 1. The van der Waals surface area contributed by atoms with Crippen molar-refractivity contribution in [3.8, 4) is 0 Å². The van der Waals surface area contributed by atoms with Crippen molar-refractivity contribution in [3.05, 3.63) is 5.82 Å². The predicted octanol–water partition coefficient (Wildman–Crippen LogP) is 0.105. The van der Waals surface area contributed by atoms with Crippen LogP contribution in [0.15, 0.2) is 0 Å². The maximum absolute atomic E-state index is 3.69. The summed E-state index contributed by atoms with van der Waals surface area (Å²) in [6, 6.07) is 0. The molecule has 0 aromatic carbocycles. The normalized spacial score (nSPS) is 9.75. The van der Waals surface area contributed by atoms with E-state index in [4.69, 9.17) is 0 Å². The molecule has 0 spiro atoms. The van der Waals surface area contributed by atoms with Crippen LogP contribution in [0.3, 0.4) is 0 Å². The van der Waals surface area contributed by atoms with Crippen molar-refractivity contribution in [3.63, 3.8) is 0 Å². The molecule has 5 heteroatoms. The molecule has 1 heterocycles. The molecule has 0 saturated heterocycles. The molecule has 0 N–H and O–H groups in total. The van der Waals surface area contributed by atoms with Gasteiger partial charge in [0.1, 0.15) is 0 Å². The summed E-state index contributed by atoms with van der Waals surface area (Å²) in [5.41, 5.74) is 0. The van der Waals surface area contributed by atoms with E-state index in [2.05, 4.69) is 31.5 Å². The lowest BCUT2D eigenvalue weighted by Crippen LogP contribution is -1.95.